The average Bonchev–Trinajstić information content (AvgIpc) is 3.14. The summed E-state index contributed by atoms with van der Waals surface area (Å²) in [5, 5.41) is 17.1. The number of nitriles is 1. The number of nitrogens with zero attached hydrogens (tertiary/aromatic N) is 2. The number of nitrogens with one attached hydrogen (secondary N) is 1. The van der Waals surface area contributed by atoms with Gasteiger partial charge in [-0.3, -0.25) is 5.10 Å². The van der Waals surface area contributed by atoms with Gasteiger partial charge in [0.15, 0.2) is 0 Å². The van der Waals surface area contributed by atoms with Crippen LogP contribution in [0.5, 0.6) is 11.6 Å². The van der Waals surface area contributed by atoms with E-state index >= 15 is 0 Å². The molecular formula is C24H24N4O2. The molecule has 3 aromatic rings. The van der Waals surface area contributed by atoms with Gasteiger partial charge >= 0.3 is 0 Å². The molecule has 0 bridgehead atoms. The number of aryl methyl sites for hydroxylation is 2. The molecule has 1 aliphatic rings. The summed E-state index contributed by atoms with van der Waals surface area (Å²) >= 11 is 0. The highest BCUT2D eigenvalue weighted by atomic mass is 16.5. The Hall–Kier alpha value is -3.72. The van der Waals surface area contributed by atoms with Gasteiger partial charge in [-0.15, -0.1) is 5.10 Å². The van der Waals surface area contributed by atoms with Crippen molar-refractivity contribution in [3.05, 3.63) is 87.9 Å². The maximum Gasteiger partial charge on any atom is 0.244 e. The van der Waals surface area contributed by atoms with Crippen molar-refractivity contribution in [1.29, 1.82) is 5.26 Å². The van der Waals surface area contributed by atoms with Gasteiger partial charge in [-0.1, -0.05) is 49.7 Å². The number of aromatic nitrogens is 2. The van der Waals surface area contributed by atoms with Crippen molar-refractivity contribution in [2.45, 2.75) is 39.2 Å². The molecule has 0 amide bonds. The Bertz CT molecular complexity index is 1140. The molecule has 0 fully saturated rings. The Morgan fingerprint density at radius 3 is 2.83 bits per heavy atom. The Labute approximate surface area is 175 Å². The number of hydrogen-bond donors (Lipinski definition) is 2. The summed E-state index contributed by atoms with van der Waals surface area (Å²) in [5.41, 5.74) is 11.5. The van der Waals surface area contributed by atoms with Crippen LogP contribution < -0.4 is 15.2 Å². The summed E-state index contributed by atoms with van der Waals surface area (Å²) in [6.45, 7) is 4.64. The smallest absolute Gasteiger partial charge is 0.244 e. The van der Waals surface area contributed by atoms with Crippen molar-refractivity contribution in [3.8, 4) is 17.7 Å². The first-order valence-electron chi connectivity index (χ1n) is 10.0. The van der Waals surface area contributed by atoms with E-state index < -0.39 is 0 Å². The van der Waals surface area contributed by atoms with E-state index in [0.29, 0.717) is 18.1 Å². The molecule has 1 atom stereocenters. The fraction of sp³-hybridized carbons (Fsp3) is 0.250. The van der Waals surface area contributed by atoms with E-state index in [9.17, 15) is 5.26 Å². The Morgan fingerprint density at radius 2 is 2.07 bits per heavy atom. The predicted octanol–water partition coefficient (Wildman–Crippen LogP) is 4.47. The zero-order chi connectivity index (χ0) is 21.1. The van der Waals surface area contributed by atoms with Crippen LogP contribution in [0.1, 0.15) is 47.2 Å². The topological polar surface area (TPSA) is 97.0 Å². The lowest BCUT2D eigenvalue weighted by molar-refractivity contribution is 0.305. The number of allylic oxidation sites excluding steroid dienone is 1. The van der Waals surface area contributed by atoms with E-state index in [2.05, 4.69) is 42.2 Å². The number of rotatable bonds is 6. The van der Waals surface area contributed by atoms with Gasteiger partial charge in [-0.2, -0.15) is 5.26 Å². The largest absolute Gasteiger partial charge is 0.489 e. The van der Waals surface area contributed by atoms with Crippen molar-refractivity contribution in [3.63, 3.8) is 0 Å². The molecular weight excluding hydrogens is 376 g/mol. The second-order valence-corrected chi connectivity index (χ2v) is 7.38. The standard InChI is InChI=1S/C24H24N4O2/c1-3-7-20-22-21(19(13-25)23(26)30-24(22)28-27-20)16-10-6-11-18(12-16)29-14-17-9-5-4-8-15(17)2/h4-6,8-12,21H,3,7,14,26H2,1-2H3,(H,27,28)/t21-/m1/s1. The van der Waals surface area contributed by atoms with Crippen LogP contribution in [0.15, 0.2) is 60.0 Å². The summed E-state index contributed by atoms with van der Waals surface area (Å²) in [4.78, 5) is 0. The van der Waals surface area contributed by atoms with E-state index in [-0.39, 0.29) is 11.8 Å². The van der Waals surface area contributed by atoms with Crippen LogP contribution in [0.3, 0.4) is 0 Å². The lowest BCUT2D eigenvalue weighted by Crippen LogP contribution is -2.21. The molecule has 1 aliphatic heterocycles. The molecule has 30 heavy (non-hydrogen) atoms. The molecule has 0 aliphatic carbocycles. The van der Waals surface area contributed by atoms with Gasteiger partial charge in [0.25, 0.3) is 0 Å². The fourth-order valence-electron chi connectivity index (χ4n) is 3.80. The molecule has 4 rings (SSSR count). The van der Waals surface area contributed by atoms with Crippen LogP contribution in [0.25, 0.3) is 0 Å². The molecule has 6 nitrogen and oxygen atoms in total. The number of fused-ring (bicyclic) bond motifs is 1. The van der Waals surface area contributed by atoms with Gasteiger partial charge in [0.1, 0.15) is 24.0 Å². The predicted molar refractivity (Wildman–Crippen MR) is 114 cm³/mol. The quantitative estimate of drug-likeness (QED) is 0.636. The highest BCUT2D eigenvalue weighted by Gasteiger charge is 2.35. The lowest BCUT2D eigenvalue weighted by Gasteiger charge is -2.24. The molecule has 152 valence electrons. The molecule has 0 saturated carbocycles. The minimum atomic E-state index is -0.346. The normalized spacial score (nSPS) is 15.3. The third-order valence-corrected chi connectivity index (χ3v) is 5.36. The lowest BCUT2D eigenvalue weighted by atomic mass is 9.83. The SMILES string of the molecule is CCCc1[nH]nc2c1[C@H](c1cccc(OCc3ccccc3C)c1)C(C#N)=C(N)O2. The van der Waals surface area contributed by atoms with Crippen LogP contribution >= 0.6 is 0 Å². The average molecular weight is 400 g/mol. The number of benzene rings is 2. The first-order chi connectivity index (χ1) is 14.6. The van der Waals surface area contributed by atoms with Crippen molar-refractivity contribution < 1.29 is 9.47 Å². The van der Waals surface area contributed by atoms with E-state index in [1.807, 2.05) is 36.4 Å². The summed E-state index contributed by atoms with van der Waals surface area (Å²) < 4.78 is 11.7. The number of H-pyrrole nitrogens is 1. The van der Waals surface area contributed by atoms with Gasteiger partial charge in [0.2, 0.25) is 11.8 Å². The number of hydrogen-bond acceptors (Lipinski definition) is 5. The number of aromatic amines is 1. The minimum Gasteiger partial charge on any atom is -0.489 e. The first kappa shape index (κ1) is 19.6. The molecule has 0 saturated heterocycles. The van der Waals surface area contributed by atoms with Crippen molar-refractivity contribution >= 4 is 0 Å². The Morgan fingerprint density at radius 1 is 1.23 bits per heavy atom. The molecule has 1 aromatic heterocycles. The molecule has 2 heterocycles. The molecule has 2 aromatic carbocycles. The van der Waals surface area contributed by atoms with E-state index in [1.165, 1.54) is 5.56 Å². The minimum absolute atomic E-state index is 0.0933. The highest BCUT2D eigenvalue weighted by molar-refractivity contribution is 5.56. The van der Waals surface area contributed by atoms with E-state index in [4.69, 9.17) is 15.2 Å². The van der Waals surface area contributed by atoms with Crippen molar-refractivity contribution in [2.24, 2.45) is 5.73 Å². The highest BCUT2D eigenvalue weighted by Crippen LogP contribution is 2.43. The van der Waals surface area contributed by atoms with E-state index in [0.717, 1.165) is 41.0 Å². The van der Waals surface area contributed by atoms with E-state index in [1.54, 1.807) is 0 Å². The van der Waals surface area contributed by atoms with Gasteiger partial charge in [-0.25, -0.2) is 0 Å². The van der Waals surface area contributed by atoms with Crippen LogP contribution in [-0.2, 0) is 13.0 Å². The van der Waals surface area contributed by atoms with Crippen LogP contribution in [-0.4, -0.2) is 10.2 Å². The van der Waals surface area contributed by atoms with Crippen molar-refractivity contribution in [1.82, 2.24) is 10.2 Å². The van der Waals surface area contributed by atoms with Crippen molar-refractivity contribution in [2.75, 3.05) is 0 Å². The Kier molecular flexibility index (Phi) is 5.44. The summed E-state index contributed by atoms with van der Waals surface area (Å²) in [7, 11) is 0. The maximum atomic E-state index is 9.80. The molecule has 0 radical (unpaired) electrons. The maximum absolute atomic E-state index is 9.80. The van der Waals surface area contributed by atoms with Crippen LogP contribution in [0, 0.1) is 18.3 Å². The fourth-order valence-corrected chi connectivity index (χ4v) is 3.80. The molecule has 0 unspecified atom stereocenters. The number of ether oxygens (including phenoxy) is 2. The van der Waals surface area contributed by atoms with Crippen LogP contribution in [0.2, 0.25) is 0 Å². The third-order valence-electron chi connectivity index (χ3n) is 5.36. The zero-order valence-electron chi connectivity index (χ0n) is 17.1. The summed E-state index contributed by atoms with van der Waals surface area (Å²) in [5.74, 6) is 0.920. The van der Waals surface area contributed by atoms with Gasteiger partial charge < -0.3 is 15.2 Å². The van der Waals surface area contributed by atoms with Gasteiger partial charge in [-0.05, 0) is 42.2 Å². The molecule has 3 N–H and O–H groups in total. The van der Waals surface area contributed by atoms with Gasteiger partial charge in [0.05, 0.1) is 5.92 Å². The monoisotopic (exact) mass is 400 g/mol. The van der Waals surface area contributed by atoms with Gasteiger partial charge in [0, 0.05) is 11.3 Å². The van der Waals surface area contributed by atoms with Crippen LogP contribution in [0.4, 0.5) is 0 Å². The summed E-state index contributed by atoms with van der Waals surface area (Å²) in [6.07, 6.45) is 1.76. The Balaban J connectivity index is 1.69. The summed E-state index contributed by atoms with van der Waals surface area (Å²) in [6, 6.07) is 18.2. The first-order valence-corrected chi connectivity index (χ1v) is 10.0. The number of nitrogens with two attached hydrogens (primary N) is 1. The second kappa shape index (κ2) is 8.34. The zero-order valence-corrected chi connectivity index (χ0v) is 17.1. The second-order valence-electron chi connectivity index (χ2n) is 7.38. The third kappa shape index (κ3) is 3.62. The molecule has 0 spiro atoms. The molecule has 6 heteroatoms.